The first-order valence-corrected chi connectivity index (χ1v) is 11.8. The summed E-state index contributed by atoms with van der Waals surface area (Å²) in [7, 11) is 3.26. The Bertz CT molecular complexity index is 971. The monoisotopic (exact) mass is 454 g/mol. The van der Waals surface area contributed by atoms with Crippen LogP contribution in [0.15, 0.2) is 30.3 Å². The van der Waals surface area contributed by atoms with Crippen LogP contribution < -0.4 is 24.3 Å². The van der Waals surface area contributed by atoms with Gasteiger partial charge in [-0.15, -0.1) is 0 Å². The van der Waals surface area contributed by atoms with Gasteiger partial charge in [0.2, 0.25) is 5.91 Å². The molecule has 1 fully saturated rings. The normalized spacial score (nSPS) is 18.0. The van der Waals surface area contributed by atoms with Gasteiger partial charge in [-0.05, 0) is 54.8 Å². The maximum atomic E-state index is 12.5. The first-order chi connectivity index (χ1) is 16.1. The van der Waals surface area contributed by atoms with Gasteiger partial charge in [-0.2, -0.15) is 0 Å². The number of amides is 1. The molecule has 0 aliphatic carbocycles. The molecular weight excluding hydrogens is 420 g/mol. The van der Waals surface area contributed by atoms with Crippen molar-refractivity contribution in [2.75, 3.05) is 47.1 Å². The molecule has 1 amide bonds. The minimum Gasteiger partial charge on any atom is -0.493 e. The molecule has 0 bridgehead atoms. The average molecular weight is 455 g/mol. The van der Waals surface area contributed by atoms with Crippen LogP contribution in [-0.4, -0.2) is 57.9 Å². The Morgan fingerprint density at radius 3 is 2.67 bits per heavy atom. The smallest absolute Gasteiger partial charge is 0.222 e. The van der Waals surface area contributed by atoms with Crippen molar-refractivity contribution in [3.63, 3.8) is 0 Å². The number of nitrogens with zero attached hydrogens (tertiary/aromatic N) is 1. The van der Waals surface area contributed by atoms with Crippen molar-refractivity contribution in [2.24, 2.45) is 5.92 Å². The van der Waals surface area contributed by atoms with Crippen molar-refractivity contribution in [1.29, 1.82) is 0 Å². The van der Waals surface area contributed by atoms with Crippen LogP contribution in [0.4, 0.5) is 0 Å². The van der Waals surface area contributed by atoms with Gasteiger partial charge >= 0.3 is 0 Å². The molecule has 2 heterocycles. The van der Waals surface area contributed by atoms with Gasteiger partial charge < -0.3 is 29.2 Å². The topological polar surface area (TPSA) is 69.3 Å². The van der Waals surface area contributed by atoms with Crippen LogP contribution in [0.2, 0.25) is 0 Å². The predicted molar refractivity (Wildman–Crippen MR) is 127 cm³/mol. The molecule has 0 unspecified atom stereocenters. The molecule has 2 aliphatic heterocycles. The van der Waals surface area contributed by atoms with E-state index in [-0.39, 0.29) is 5.91 Å². The molecule has 178 valence electrons. The van der Waals surface area contributed by atoms with Gasteiger partial charge in [0, 0.05) is 31.0 Å². The molecule has 7 heteroatoms. The van der Waals surface area contributed by atoms with Crippen LogP contribution in [0.25, 0.3) is 11.1 Å². The van der Waals surface area contributed by atoms with Crippen molar-refractivity contribution in [2.45, 2.75) is 32.7 Å². The summed E-state index contributed by atoms with van der Waals surface area (Å²) in [5, 5.41) is 3.45. The Labute approximate surface area is 196 Å². The molecule has 2 aromatic carbocycles. The lowest BCUT2D eigenvalue weighted by Gasteiger charge is -2.24. The fourth-order valence-corrected chi connectivity index (χ4v) is 4.48. The Morgan fingerprint density at radius 2 is 1.94 bits per heavy atom. The number of hydrogen-bond donors (Lipinski definition) is 1. The number of benzene rings is 2. The zero-order valence-corrected chi connectivity index (χ0v) is 19.8. The van der Waals surface area contributed by atoms with Crippen LogP contribution >= 0.6 is 0 Å². The fourth-order valence-electron chi connectivity index (χ4n) is 4.48. The van der Waals surface area contributed by atoms with Crippen molar-refractivity contribution < 1.29 is 23.7 Å². The van der Waals surface area contributed by atoms with Gasteiger partial charge in [0.15, 0.2) is 23.0 Å². The largest absolute Gasteiger partial charge is 0.493 e. The van der Waals surface area contributed by atoms with E-state index in [1.807, 2.05) is 36.1 Å². The SMILES string of the molecule is CCC(=O)N1CCOc2c(cc(-c3ccc(OC)c(OC)c3)cc2OC[C@@H]2CCCNC2)C1. The lowest BCUT2D eigenvalue weighted by Crippen LogP contribution is -2.33. The van der Waals surface area contributed by atoms with E-state index in [0.717, 1.165) is 47.7 Å². The molecule has 1 N–H and O–H groups in total. The van der Waals surface area contributed by atoms with Crippen molar-refractivity contribution in [3.8, 4) is 34.1 Å². The Hall–Kier alpha value is -2.93. The number of fused-ring (bicyclic) bond motifs is 1. The second kappa shape index (κ2) is 10.8. The van der Waals surface area contributed by atoms with Crippen molar-refractivity contribution in [3.05, 3.63) is 35.9 Å². The number of rotatable bonds is 7. The fraction of sp³-hybridized carbons (Fsp3) is 0.500. The molecule has 0 radical (unpaired) electrons. The first-order valence-electron chi connectivity index (χ1n) is 11.8. The van der Waals surface area contributed by atoms with Crippen LogP contribution in [-0.2, 0) is 11.3 Å². The van der Waals surface area contributed by atoms with Gasteiger partial charge in [-0.1, -0.05) is 13.0 Å². The number of carbonyl (C=O) groups excluding carboxylic acids is 1. The highest BCUT2D eigenvalue weighted by atomic mass is 16.5. The van der Waals surface area contributed by atoms with E-state index < -0.39 is 0 Å². The predicted octanol–water partition coefficient (Wildman–Crippen LogP) is 3.88. The third-order valence-electron chi connectivity index (χ3n) is 6.35. The van der Waals surface area contributed by atoms with Gasteiger partial charge in [0.25, 0.3) is 0 Å². The standard InChI is InChI=1S/C26H34N2O5/c1-4-25(29)28-10-11-32-26-21(16-28)12-20(19-7-8-22(30-2)23(13-19)31-3)14-24(26)33-17-18-6-5-9-27-15-18/h7-8,12-14,18,27H,4-6,9-11,15-17H2,1-3H3/t18-/m1/s1. The summed E-state index contributed by atoms with van der Waals surface area (Å²) < 4.78 is 23.4. The highest BCUT2D eigenvalue weighted by molar-refractivity contribution is 5.77. The third-order valence-corrected chi connectivity index (χ3v) is 6.35. The maximum absolute atomic E-state index is 12.5. The van der Waals surface area contributed by atoms with Crippen LogP contribution in [0.1, 0.15) is 31.7 Å². The Kier molecular flexibility index (Phi) is 7.60. The molecule has 4 rings (SSSR count). The lowest BCUT2D eigenvalue weighted by atomic mass is 9.99. The summed E-state index contributed by atoms with van der Waals surface area (Å²) in [4.78, 5) is 14.3. The minimum atomic E-state index is 0.124. The summed E-state index contributed by atoms with van der Waals surface area (Å²) in [6.45, 7) is 6.10. The van der Waals surface area contributed by atoms with Crippen molar-refractivity contribution in [1.82, 2.24) is 10.2 Å². The molecule has 2 aromatic rings. The van der Waals surface area contributed by atoms with Gasteiger partial charge in [0.1, 0.15) is 6.61 Å². The Balaban J connectivity index is 1.70. The molecule has 0 spiro atoms. The number of nitrogens with one attached hydrogen (secondary N) is 1. The first kappa shape index (κ1) is 23.2. The second-order valence-corrected chi connectivity index (χ2v) is 8.57. The highest BCUT2D eigenvalue weighted by Gasteiger charge is 2.24. The van der Waals surface area contributed by atoms with E-state index in [2.05, 4.69) is 11.4 Å². The van der Waals surface area contributed by atoms with Gasteiger partial charge in [0.05, 0.1) is 27.4 Å². The van der Waals surface area contributed by atoms with Crippen LogP contribution in [0, 0.1) is 5.92 Å². The van der Waals surface area contributed by atoms with E-state index in [0.29, 0.717) is 50.1 Å². The number of carbonyl (C=O) groups is 1. The van der Waals surface area contributed by atoms with Crippen LogP contribution in [0.3, 0.4) is 0 Å². The minimum absolute atomic E-state index is 0.124. The van der Waals surface area contributed by atoms with Gasteiger partial charge in [-0.3, -0.25) is 4.79 Å². The van der Waals surface area contributed by atoms with Gasteiger partial charge in [-0.25, -0.2) is 0 Å². The molecule has 7 nitrogen and oxygen atoms in total. The van der Waals surface area contributed by atoms with E-state index in [9.17, 15) is 4.79 Å². The molecule has 1 saturated heterocycles. The summed E-state index contributed by atoms with van der Waals surface area (Å²) in [6, 6.07) is 9.99. The third kappa shape index (κ3) is 5.36. The number of methoxy groups -OCH3 is 2. The highest BCUT2D eigenvalue weighted by Crippen LogP contribution is 2.41. The summed E-state index contributed by atoms with van der Waals surface area (Å²) in [6.07, 6.45) is 2.80. The number of piperidine rings is 1. The molecule has 0 aromatic heterocycles. The molecule has 33 heavy (non-hydrogen) atoms. The van der Waals surface area contributed by atoms with E-state index >= 15 is 0 Å². The zero-order valence-electron chi connectivity index (χ0n) is 19.8. The van der Waals surface area contributed by atoms with Crippen LogP contribution in [0.5, 0.6) is 23.0 Å². The molecule has 0 saturated carbocycles. The maximum Gasteiger partial charge on any atom is 0.222 e. The summed E-state index contributed by atoms with van der Waals surface area (Å²) in [5.41, 5.74) is 2.93. The van der Waals surface area contributed by atoms with E-state index in [1.165, 1.54) is 6.42 Å². The lowest BCUT2D eigenvalue weighted by molar-refractivity contribution is -0.131. The number of hydrogen-bond acceptors (Lipinski definition) is 6. The zero-order chi connectivity index (χ0) is 23.2. The quantitative estimate of drug-likeness (QED) is 0.685. The van der Waals surface area contributed by atoms with Crippen molar-refractivity contribution >= 4 is 5.91 Å². The second-order valence-electron chi connectivity index (χ2n) is 8.57. The molecule has 2 aliphatic rings. The van der Waals surface area contributed by atoms with E-state index in [1.54, 1.807) is 14.2 Å². The Morgan fingerprint density at radius 1 is 1.12 bits per heavy atom. The average Bonchev–Trinajstić information content (AvgIpc) is 3.09. The molecule has 1 atom stereocenters. The number of ether oxygens (including phenoxy) is 4. The summed E-state index contributed by atoms with van der Waals surface area (Å²) in [5.74, 6) is 3.42. The van der Waals surface area contributed by atoms with E-state index in [4.69, 9.17) is 18.9 Å². The molecular formula is C26H34N2O5. The summed E-state index contributed by atoms with van der Waals surface area (Å²) >= 11 is 0.